The Morgan fingerprint density at radius 2 is 1.97 bits per heavy atom. The van der Waals surface area contributed by atoms with Crippen molar-refractivity contribution in [2.75, 3.05) is 13.2 Å². The Kier molecular flexibility index (Phi) is 7.56. The van der Waals surface area contributed by atoms with Crippen LogP contribution < -0.4 is 0 Å². The van der Waals surface area contributed by atoms with Gasteiger partial charge >= 0.3 is 0 Å². The molecule has 6 nitrogen and oxygen atoms in total. The molecule has 2 aromatic rings. The van der Waals surface area contributed by atoms with Crippen LogP contribution in [0.5, 0.6) is 5.75 Å². The fourth-order valence-electron chi connectivity index (χ4n) is 6.45. The molecule has 2 fully saturated rings. The van der Waals surface area contributed by atoms with E-state index in [1.165, 1.54) is 16.0 Å². The third-order valence-electron chi connectivity index (χ3n) is 7.98. The number of rotatable bonds is 9. The number of likely N-dealkylation sites (tertiary alicyclic amines) is 1. The number of aromatic nitrogens is 1. The summed E-state index contributed by atoms with van der Waals surface area (Å²) in [6.45, 7) is 5.19. The summed E-state index contributed by atoms with van der Waals surface area (Å²) in [7, 11) is 0. The fourth-order valence-corrected chi connectivity index (χ4v) is 6.45. The van der Waals surface area contributed by atoms with Crippen LogP contribution in [-0.2, 0) is 14.3 Å². The van der Waals surface area contributed by atoms with Crippen LogP contribution in [0.3, 0.4) is 0 Å². The summed E-state index contributed by atoms with van der Waals surface area (Å²) in [5.74, 6) is -0.271. The van der Waals surface area contributed by atoms with Crippen molar-refractivity contribution >= 4 is 23.5 Å². The summed E-state index contributed by atoms with van der Waals surface area (Å²) >= 11 is 0. The molecule has 1 N–H and O–H groups in total. The van der Waals surface area contributed by atoms with E-state index in [2.05, 4.69) is 18.0 Å². The Labute approximate surface area is 219 Å². The lowest BCUT2D eigenvalue weighted by Gasteiger charge is -2.32. The number of fused-ring (bicyclic) bond motifs is 3. The van der Waals surface area contributed by atoms with Crippen molar-refractivity contribution in [3.63, 3.8) is 0 Å². The molecule has 37 heavy (non-hydrogen) atoms. The van der Waals surface area contributed by atoms with Crippen molar-refractivity contribution in [2.24, 2.45) is 17.8 Å². The Bertz CT molecular complexity index is 1220. The minimum atomic E-state index is -0.280. The van der Waals surface area contributed by atoms with Crippen molar-refractivity contribution in [1.82, 2.24) is 9.88 Å². The number of imide groups is 1. The normalized spacial score (nSPS) is 25.6. The zero-order valence-corrected chi connectivity index (χ0v) is 21.7. The Morgan fingerprint density at radius 1 is 1.11 bits per heavy atom. The number of phenolic OH excluding ortho intramolecular Hbond substituents is 1. The predicted octanol–water partition coefficient (Wildman–Crippen LogP) is 5.63. The van der Waals surface area contributed by atoms with E-state index in [9.17, 15) is 14.7 Å². The van der Waals surface area contributed by atoms with E-state index >= 15 is 0 Å². The van der Waals surface area contributed by atoms with Crippen molar-refractivity contribution in [1.29, 1.82) is 0 Å². The van der Waals surface area contributed by atoms with Crippen LogP contribution in [0.4, 0.5) is 0 Å². The maximum Gasteiger partial charge on any atom is 0.233 e. The van der Waals surface area contributed by atoms with Crippen LogP contribution in [0.1, 0.15) is 63.6 Å². The molecule has 0 radical (unpaired) electrons. The molecular formula is C31H36N2O4. The van der Waals surface area contributed by atoms with Gasteiger partial charge in [-0.3, -0.25) is 19.5 Å². The first kappa shape index (κ1) is 25.4. The van der Waals surface area contributed by atoms with Crippen LogP contribution in [0, 0.1) is 17.8 Å². The largest absolute Gasteiger partial charge is 0.508 e. The topological polar surface area (TPSA) is 79.7 Å². The molecule has 2 aliphatic heterocycles. The molecule has 1 aliphatic carbocycles. The number of carbonyl (C=O) groups excluding carboxylic acids is 2. The van der Waals surface area contributed by atoms with E-state index in [0.29, 0.717) is 19.6 Å². The molecule has 4 atom stereocenters. The Hall–Kier alpha value is -3.25. The smallest absolute Gasteiger partial charge is 0.233 e. The molecule has 0 unspecified atom stereocenters. The maximum atomic E-state index is 13.3. The first-order chi connectivity index (χ1) is 18.0. The van der Waals surface area contributed by atoms with Crippen LogP contribution in [0.15, 0.2) is 59.8 Å². The first-order valence-corrected chi connectivity index (χ1v) is 13.6. The molecule has 0 bridgehead atoms. The number of allylic oxidation sites excluding steroid dienone is 2. The van der Waals surface area contributed by atoms with E-state index in [4.69, 9.17) is 4.74 Å². The zero-order valence-electron chi connectivity index (χ0n) is 21.7. The van der Waals surface area contributed by atoms with Crippen molar-refractivity contribution in [3.05, 3.63) is 71.1 Å². The van der Waals surface area contributed by atoms with E-state index < -0.39 is 0 Å². The molecule has 1 aromatic heterocycles. The number of ether oxygens (including phenoxy) is 1. The summed E-state index contributed by atoms with van der Waals surface area (Å²) in [5, 5.41) is 9.95. The molecule has 194 valence electrons. The number of phenols is 1. The van der Waals surface area contributed by atoms with Gasteiger partial charge in [-0.1, -0.05) is 44.0 Å². The highest BCUT2D eigenvalue weighted by molar-refractivity contribution is 6.06. The second kappa shape index (κ2) is 11.0. The van der Waals surface area contributed by atoms with Crippen LogP contribution in [-0.4, -0.2) is 46.1 Å². The SMILES string of the molecule is CCCC1=C2[C@@H](CC/C(=C/c3cccc(O)c3)c3ccccn3)OC[C@@H]2[C@@H]2C(=O)N(CCC)C(=O)[C@@H]2C1. The van der Waals surface area contributed by atoms with Gasteiger partial charge in [0, 0.05) is 18.7 Å². The van der Waals surface area contributed by atoms with Gasteiger partial charge in [0.25, 0.3) is 0 Å². The van der Waals surface area contributed by atoms with Crippen molar-refractivity contribution < 1.29 is 19.4 Å². The number of hydrogen-bond donors (Lipinski definition) is 1. The summed E-state index contributed by atoms with van der Waals surface area (Å²) in [5.41, 5.74) is 5.50. The lowest BCUT2D eigenvalue weighted by molar-refractivity contribution is -0.140. The average molecular weight is 501 g/mol. The molecule has 0 spiro atoms. The van der Waals surface area contributed by atoms with Crippen molar-refractivity contribution in [2.45, 2.75) is 58.5 Å². The van der Waals surface area contributed by atoms with Gasteiger partial charge in [-0.25, -0.2) is 0 Å². The first-order valence-electron chi connectivity index (χ1n) is 13.6. The van der Waals surface area contributed by atoms with Crippen molar-refractivity contribution in [3.8, 4) is 5.75 Å². The number of pyridine rings is 1. The Balaban J connectivity index is 1.42. The van der Waals surface area contributed by atoms with Gasteiger partial charge in [-0.2, -0.15) is 0 Å². The van der Waals surface area contributed by atoms with Crippen LogP contribution >= 0.6 is 0 Å². The number of aromatic hydroxyl groups is 1. The lowest BCUT2D eigenvalue weighted by Crippen LogP contribution is -2.34. The summed E-state index contributed by atoms with van der Waals surface area (Å²) in [6.07, 6.45) is 8.74. The van der Waals surface area contributed by atoms with Gasteiger partial charge in [-0.05, 0) is 79.2 Å². The van der Waals surface area contributed by atoms with E-state index in [1.54, 1.807) is 18.3 Å². The van der Waals surface area contributed by atoms with Gasteiger partial charge in [-0.15, -0.1) is 0 Å². The molecule has 3 aliphatic rings. The second-order valence-electron chi connectivity index (χ2n) is 10.4. The third kappa shape index (κ3) is 4.99. The van der Waals surface area contributed by atoms with Gasteiger partial charge in [0.05, 0.1) is 30.2 Å². The third-order valence-corrected chi connectivity index (χ3v) is 7.98. The molecule has 2 amide bonds. The number of carbonyl (C=O) groups is 2. The highest BCUT2D eigenvalue weighted by Crippen LogP contribution is 2.50. The quantitative estimate of drug-likeness (QED) is 0.356. The van der Waals surface area contributed by atoms with Gasteiger partial charge in [0.15, 0.2) is 0 Å². The van der Waals surface area contributed by atoms with E-state index in [-0.39, 0.29) is 41.4 Å². The van der Waals surface area contributed by atoms with Gasteiger partial charge in [0.2, 0.25) is 11.8 Å². The highest BCUT2D eigenvalue weighted by atomic mass is 16.5. The summed E-state index contributed by atoms with van der Waals surface area (Å²) in [6, 6.07) is 13.1. The molecule has 5 rings (SSSR count). The predicted molar refractivity (Wildman–Crippen MR) is 143 cm³/mol. The monoisotopic (exact) mass is 500 g/mol. The molecule has 6 heteroatoms. The lowest BCUT2D eigenvalue weighted by atomic mass is 9.68. The van der Waals surface area contributed by atoms with Crippen LogP contribution in [0.25, 0.3) is 11.6 Å². The molecule has 2 saturated heterocycles. The number of benzene rings is 1. The summed E-state index contributed by atoms with van der Waals surface area (Å²) < 4.78 is 6.39. The van der Waals surface area contributed by atoms with Gasteiger partial charge in [0.1, 0.15) is 5.75 Å². The maximum absolute atomic E-state index is 13.3. The number of hydrogen-bond acceptors (Lipinski definition) is 5. The minimum absolute atomic E-state index is 0.00268. The standard InChI is InChI=1S/C31H36N2O4/c1-3-8-22-18-24-29(31(36)33(15-4-2)30(24)35)25-19-37-27(28(22)25)13-12-21(26-11-5-6-14-32-26)16-20-9-7-10-23(34)17-20/h5-7,9-11,14,16-17,24-25,27,29,34H,3-4,8,12-13,15,18-19H2,1-2H3/b21-16-/t24-,25+,27-,29-/m1/s1. The highest BCUT2D eigenvalue weighted by Gasteiger charge is 2.56. The molecule has 0 saturated carbocycles. The average Bonchev–Trinajstić information content (AvgIpc) is 3.42. The molecule has 1 aromatic carbocycles. The minimum Gasteiger partial charge on any atom is -0.508 e. The second-order valence-corrected chi connectivity index (χ2v) is 10.4. The number of amides is 2. The van der Waals surface area contributed by atoms with E-state index in [1.807, 2.05) is 37.3 Å². The van der Waals surface area contributed by atoms with E-state index in [0.717, 1.165) is 48.9 Å². The van der Waals surface area contributed by atoms with Gasteiger partial charge < -0.3 is 9.84 Å². The number of nitrogens with zero attached hydrogens (tertiary/aromatic N) is 2. The van der Waals surface area contributed by atoms with Crippen LogP contribution in [0.2, 0.25) is 0 Å². The molecule has 3 heterocycles. The zero-order chi connectivity index (χ0) is 25.9. The molecular weight excluding hydrogens is 464 g/mol. The summed E-state index contributed by atoms with van der Waals surface area (Å²) in [4.78, 5) is 32.6. The Morgan fingerprint density at radius 3 is 2.70 bits per heavy atom. The fraction of sp³-hybridized carbons (Fsp3) is 0.452.